The van der Waals surface area contributed by atoms with Gasteiger partial charge in [0.25, 0.3) is 0 Å². The summed E-state index contributed by atoms with van der Waals surface area (Å²) in [5.41, 5.74) is 2.40. The molecule has 0 unspecified atom stereocenters. The van der Waals surface area contributed by atoms with Gasteiger partial charge in [-0.1, -0.05) is 48.5 Å². The molecule has 66 valence electrons. The summed E-state index contributed by atoms with van der Waals surface area (Å²) in [5.74, 6) is 0. The normalized spacial score (nSPS) is 9.21. The molecule has 0 bridgehead atoms. The van der Waals surface area contributed by atoms with E-state index in [2.05, 4.69) is 30.8 Å². The van der Waals surface area contributed by atoms with Gasteiger partial charge < -0.3 is 0 Å². The average Bonchev–Trinajstić information content (AvgIpc) is 2.20. The predicted molar refractivity (Wildman–Crippen MR) is 66.3 cm³/mol. The predicted octanol–water partition coefficient (Wildman–Crippen LogP) is 2.99. The summed E-state index contributed by atoms with van der Waals surface area (Å²) in [4.78, 5) is 1.02. The monoisotopic (exact) mass is 210 g/mol. The van der Waals surface area contributed by atoms with Crippen molar-refractivity contribution in [2.24, 2.45) is 0 Å². The van der Waals surface area contributed by atoms with Crippen LogP contribution in [0.2, 0.25) is 0 Å². The van der Waals surface area contributed by atoms with Gasteiger partial charge in [-0.15, -0.1) is 12.6 Å². The molecule has 2 aromatic carbocycles. The second kappa shape index (κ2) is 5.62. The van der Waals surface area contributed by atoms with Crippen molar-refractivity contribution in [2.75, 3.05) is 0 Å². The van der Waals surface area contributed by atoms with Crippen molar-refractivity contribution in [3.05, 3.63) is 54.6 Å². The quantitative estimate of drug-likeness (QED) is 0.543. The molecule has 2 rings (SSSR count). The van der Waals surface area contributed by atoms with Gasteiger partial charge in [0, 0.05) is 4.90 Å². The van der Waals surface area contributed by atoms with Crippen LogP contribution in [0.5, 0.6) is 0 Å². The van der Waals surface area contributed by atoms with Gasteiger partial charge in [0.05, 0.1) is 0 Å². The molecule has 0 radical (unpaired) electrons. The standard InChI is InChI=1S/C12H10S.Na.H/c13-12-9-5-4-8-11(12)10-6-2-1-3-7-10;;/h1-9,13H;;. The van der Waals surface area contributed by atoms with Crippen molar-refractivity contribution in [1.82, 2.24) is 0 Å². The summed E-state index contributed by atoms with van der Waals surface area (Å²) in [5, 5.41) is 0. The number of hydrogen-bond acceptors (Lipinski definition) is 1. The zero-order chi connectivity index (χ0) is 9.10. The SMILES string of the molecule is Sc1ccccc1-c1ccccc1.[NaH]. The first-order valence-electron chi connectivity index (χ1n) is 4.21. The molecule has 2 heteroatoms. The van der Waals surface area contributed by atoms with Crippen molar-refractivity contribution in [1.29, 1.82) is 0 Å². The molecule has 0 nitrogen and oxygen atoms in total. The Labute approximate surface area is 112 Å². The van der Waals surface area contributed by atoms with Crippen LogP contribution >= 0.6 is 12.6 Å². The maximum atomic E-state index is 4.41. The van der Waals surface area contributed by atoms with Crippen molar-refractivity contribution in [3.8, 4) is 11.1 Å². The molecule has 0 amide bonds. The van der Waals surface area contributed by atoms with Crippen LogP contribution in [0.1, 0.15) is 0 Å². The molecule has 2 aromatic rings. The van der Waals surface area contributed by atoms with Crippen molar-refractivity contribution in [2.45, 2.75) is 4.90 Å². The Morgan fingerprint density at radius 2 is 1.29 bits per heavy atom. The molecule has 0 saturated heterocycles. The van der Waals surface area contributed by atoms with E-state index in [1.54, 1.807) is 0 Å². The minimum absolute atomic E-state index is 0. The summed E-state index contributed by atoms with van der Waals surface area (Å²) in [6, 6.07) is 18.4. The number of rotatable bonds is 1. The van der Waals surface area contributed by atoms with Crippen LogP contribution in [-0.2, 0) is 0 Å². The summed E-state index contributed by atoms with van der Waals surface area (Å²) >= 11 is 4.41. The third-order valence-electron chi connectivity index (χ3n) is 1.99. The Balaban J connectivity index is 0.000000980. The van der Waals surface area contributed by atoms with E-state index in [4.69, 9.17) is 0 Å². The van der Waals surface area contributed by atoms with Crippen LogP contribution < -0.4 is 0 Å². The molecular weight excluding hydrogens is 199 g/mol. The fraction of sp³-hybridized carbons (Fsp3) is 0. The molecule has 0 aliphatic heterocycles. The van der Waals surface area contributed by atoms with E-state index in [1.807, 2.05) is 36.4 Å². The number of benzene rings is 2. The number of thiol groups is 1. The van der Waals surface area contributed by atoms with E-state index in [0.717, 1.165) is 4.90 Å². The van der Waals surface area contributed by atoms with Crippen LogP contribution in [0.4, 0.5) is 0 Å². The van der Waals surface area contributed by atoms with Gasteiger partial charge in [-0.05, 0) is 17.2 Å². The van der Waals surface area contributed by atoms with Crippen LogP contribution in [0, 0.1) is 0 Å². The zero-order valence-corrected chi connectivity index (χ0v) is 8.04. The first kappa shape index (κ1) is 11.9. The topological polar surface area (TPSA) is 0 Å². The van der Waals surface area contributed by atoms with E-state index in [1.165, 1.54) is 11.1 Å². The van der Waals surface area contributed by atoms with Crippen LogP contribution in [0.3, 0.4) is 0 Å². The molecule has 0 atom stereocenters. The van der Waals surface area contributed by atoms with E-state index >= 15 is 0 Å². The first-order chi connectivity index (χ1) is 6.38. The van der Waals surface area contributed by atoms with Gasteiger partial charge in [0.2, 0.25) is 0 Å². The van der Waals surface area contributed by atoms with Gasteiger partial charge in [0.15, 0.2) is 0 Å². The minimum atomic E-state index is 0. The fourth-order valence-corrected chi connectivity index (χ4v) is 1.63. The molecule has 0 N–H and O–H groups in total. The summed E-state index contributed by atoms with van der Waals surface area (Å²) < 4.78 is 0. The molecular formula is C12H11NaS. The number of hydrogen-bond donors (Lipinski definition) is 1. The Hall–Kier alpha value is -0.210. The van der Waals surface area contributed by atoms with E-state index in [0.29, 0.717) is 0 Å². The van der Waals surface area contributed by atoms with Crippen molar-refractivity contribution >= 4 is 42.2 Å². The molecule has 0 fully saturated rings. The molecule has 14 heavy (non-hydrogen) atoms. The van der Waals surface area contributed by atoms with Crippen molar-refractivity contribution < 1.29 is 0 Å². The van der Waals surface area contributed by atoms with Gasteiger partial charge in [0.1, 0.15) is 0 Å². The third kappa shape index (κ3) is 2.64. The molecule has 0 saturated carbocycles. The molecule has 0 aromatic heterocycles. The zero-order valence-electron chi connectivity index (χ0n) is 7.14. The fourth-order valence-electron chi connectivity index (χ4n) is 1.34. The Kier molecular flexibility index (Phi) is 4.76. The van der Waals surface area contributed by atoms with Crippen LogP contribution in [-0.4, -0.2) is 29.6 Å². The van der Waals surface area contributed by atoms with Gasteiger partial charge in [-0.25, -0.2) is 0 Å². The molecule has 0 spiro atoms. The van der Waals surface area contributed by atoms with Crippen LogP contribution in [0.25, 0.3) is 11.1 Å². The Bertz CT molecular complexity index is 398. The van der Waals surface area contributed by atoms with Gasteiger partial charge in [-0.2, -0.15) is 0 Å². The van der Waals surface area contributed by atoms with Gasteiger partial charge >= 0.3 is 29.6 Å². The first-order valence-corrected chi connectivity index (χ1v) is 4.66. The second-order valence-electron chi connectivity index (χ2n) is 2.88. The van der Waals surface area contributed by atoms with E-state index in [9.17, 15) is 0 Å². The Morgan fingerprint density at radius 3 is 1.93 bits per heavy atom. The molecule has 0 aliphatic carbocycles. The van der Waals surface area contributed by atoms with E-state index in [-0.39, 0.29) is 29.6 Å². The van der Waals surface area contributed by atoms with E-state index < -0.39 is 0 Å². The third-order valence-corrected chi connectivity index (χ3v) is 2.38. The average molecular weight is 210 g/mol. The summed E-state index contributed by atoms with van der Waals surface area (Å²) in [6.45, 7) is 0. The summed E-state index contributed by atoms with van der Waals surface area (Å²) in [6.07, 6.45) is 0. The maximum absolute atomic E-state index is 4.41. The van der Waals surface area contributed by atoms with Crippen molar-refractivity contribution in [3.63, 3.8) is 0 Å². The Morgan fingerprint density at radius 1 is 0.714 bits per heavy atom. The summed E-state index contributed by atoms with van der Waals surface area (Å²) in [7, 11) is 0. The van der Waals surface area contributed by atoms with Gasteiger partial charge in [-0.3, -0.25) is 0 Å². The van der Waals surface area contributed by atoms with Crippen LogP contribution in [0.15, 0.2) is 59.5 Å². The second-order valence-corrected chi connectivity index (χ2v) is 3.36. The molecule has 0 heterocycles. The molecule has 0 aliphatic rings.